The number of hydrogen-bond donors (Lipinski definition) is 0. The van der Waals surface area contributed by atoms with Crippen LogP contribution in [0.5, 0.6) is 0 Å². The molecule has 1 aliphatic carbocycles. The monoisotopic (exact) mass is 293 g/mol. The molecule has 0 atom stereocenters. The Balaban J connectivity index is 2.90. The van der Waals surface area contributed by atoms with E-state index >= 15 is 0 Å². The number of allylic oxidation sites excluding steroid dienone is 1. The number of aromatic nitrogens is 2. The van der Waals surface area contributed by atoms with Gasteiger partial charge < -0.3 is 0 Å². The summed E-state index contributed by atoms with van der Waals surface area (Å²) in [5, 5.41) is 11.3. The Labute approximate surface area is 121 Å². The number of rotatable bonds is 3. The van der Waals surface area contributed by atoms with Crippen LogP contribution in [-0.4, -0.2) is 14.1 Å². The van der Waals surface area contributed by atoms with Crippen LogP contribution in [-0.2, 0) is 7.05 Å². The maximum absolute atomic E-state index is 12.4. The van der Waals surface area contributed by atoms with E-state index in [0.29, 0.717) is 0 Å². The summed E-state index contributed by atoms with van der Waals surface area (Å²) < 4.78 is 2.26. The van der Waals surface area contributed by atoms with Gasteiger partial charge in [0.05, 0.1) is 4.92 Å². The molecule has 2 rings (SSSR count). The van der Waals surface area contributed by atoms with Crippen molar-refractivity contribution in [3.8, 4) is 0 Å². The van der Waals surface area contributed by atoms with E-state index in [-0.39, 0.29) is 11.7 Å². The van der Waals surface area contributed by atoms with Crippen molar-refractivity contribution in [3.05, 3.63) is 42.2 Å². The van der Waals surface area contributed by atoms with E-state index in [1.807, 2.05) is 0 Å². The molecule has 0 aliphatic heterocycles. The standard InChI is InChI=1S/C14H19N3O4/c1-9(2)8-11-12(17(20)21)13(18)15(3)14(19)16(11)10-6-4-5-7-10/h8,10H,4-7H2,1-3H3. The summed E-state index contributed by atoms with van der Waals surface area (Å²) in [6.45, 7) is 3.56. The van der Waals surface area contributed by atoms with Gasteiger partial charge in [-0.3, -0.25) is 24.0 Å². The second-order valence-electron chi connectivity index (χ2n) is 5.67. The molecule has 7 nitrogen and oxygen atoms in total. The minimum absolute atomic E-state index is 0.0754. The van der Waals surface area contributed by atoms with Crippen molar-refractivity contribution in [2.45, 2.75) is 45.6 Å². The van der Waals surface area contributed by atoms with Gasteiger partial charge in [0.25, 0.3) is 0 Å². The van der Waals surface area contributed by atoms with Gasteiger partial charge in [0, 0.05) is 13.1 Å². The summed E-state index contributed by atoms with van der Waals surface area (Å²) in [6, 6.07) is -0.0754. The molecule has 21 heavy (non-hydrogen) atoms. The Hall–Kier alpha value is -2.18. The molecule has 1 fully saturated rings. The van der Waals surface area contributed by atoms with Gasteiger partial charge in [0.2, 0.25) is 0 Å². The zero-order valence-corrected chi connectivity index (χ0v) is 12.5. The maximum atomic E-state index is 12.4. The van der Waals surface area contributed by atoms with E-state index in [9.17, 15) is 19.7 Å². The van der Waals surface area contributed by atoms with E-state index in [4.69, 9.17) is 0 Å². The van der Waals surface area contributed by atoms with Crippen LogP contribution >= 0.6 is 0 Å². The van der Waals surface area contributed by atoms with Gasteiger partial charge >= 0.3 is 16.9 Å². The zero-order chi connectivity index (χ0) is 15.7. The van der Waals surface area contributed by atoms with Crippen LogP contribution in [0.2, 0.25) is 0 Å². The summed E-state index contributed by atoms with van der Waals surface area (Å²) in [4.78, 5) is 35.1. The Kier molecular flexibility index (Phi) is 4.11. The number of nitro groups is 1. The molecule has 0 amide bonds. The van der Waals surface area contributed by atoms with Crippen molar-refractivity contribution in [3.63, 3.8) is 0 Å². The fourth-order valence-electron chi connectivity index (χ4n) is 2.83. The van der Waals surface area contributed by atoms with Crippen LogP contribution in [0.4, 0.5) is 5.69 Å². The van der Waals surface area contributed by atoms with Gasteiger partial charge in [-0.25, -0.2) is 4.79 Å². The lowest BCUT2D eigenvalue weighted by Crippen LogP contribution is -2.41. The highest BCUT2D eigenvalue weighted by molar-refractivity contribution is 5.58. The first-order valence-electron chi connectivity index (χ1n) is 6.99. The van der Waals surface area contributed by atoms with Crippen LogP contribution in [0.15, 0.2) is 15.2 Å². The normalized spacial score (nSPS) is 15.2. The molecule has 7 heteroatoms. The Morgan fingerprint density at radius 2 is 1.86 bits per heavy atom. The highest BCUT2D eigenvalue weighted by Gasteiger charge is 2.29. The van der Waals surface area contributed by atoms with Crippen LogP contribution in [0.25, 0.3) is 6.08 Å². The predicted molar refractivity (Wildman–Crippen MR) is 79.4 cm³/mol. The average molecular weight is 293 g/mol. The molecule has 1 heterocycles. The van der Waals surface area contributed by atoms with Crippen molar-refractivity contribution in [2.24, 2.45) is 7.05 Å². The second kappa shape index (κ2) is 5.67. The molecule has 1 aromatic heterocycles. The molecule has 1 aromatic rings. The van der Waals surface area contributed by atoms with Gasteiger partial charge in [-0.05, 0) is 32.8 Å². The smallest absolute Gasteiger partial charge is 0.284 e. The van der Waals surface area contributed by atoms with E-state index in [1.54, 1.807) is 19.9 Å². The molecule has 1 aliphatic rings. The lowest BCUT2D eigenvalue weighted by Gasteiger charge is -2.18. The molecule has 0 bridgehead atoms. The largest absolute Gasteiger partial charge is 0.357 e. The molecule has 0 spiro atoms. The van der Waals surface area contributed by atoms with Gasteiger partial charge in [-0.15, -0.1) is 0 Å². The Bertz CT molecular complexity index is 717. The molecule has 0 radical (unpaired) electrons. The van der Waals surface area contributed by atoms with Gasteiger partial charge in [0.15, 0.2) is 0 Å². The maximum Gasteiger partial charge on any atom is 0.357 e. The average Bonchev–Trinajstić information content (AvgIpc) is 2.89. The summed E-state index contributed by atoms with van der Waals surface area (Å²) in [5.74, 6) is 0. The molecule has 0 N–H and O–H groups in total. The third-order valence-electron chi connectivity index (χ3n) is 3.80. The fraction of sp³-hybridized carbons (Fsp3) is 0.571. The van der Waals surface area contributed by atoms with Crippen LogP contribution in [0.1, 0.15) is 51.3 Å². The van der Waals surface area contributed by atoms with Gasteiger partial charge in [-0.2, -0.15) is 0 Å². The van der Waals surface area contributed by atoms with E-state index in [1.165, 1.54) is 11.6 Å². The minimum atomic E-state index is -0.855. The first-order chi connectivity index (χ1) is 9.84. The van der Waals surface area contributed by atoms with Crippen molar-refractivity contribution >= 4 is 11.8 Å². The van der Waals surface area contributed by atoms with Crippen LogP contribution < -0.4 is 11.2 Å². The molecule has 0 unspecified atom stereocenters. The van der Waals surface area contributed by atoms with Gasteiger partial charge in [-0.1, -0.05) is 18.4 Å². The molecular weight excluding hydrogens is 274 g/mol. The van der Waals surface area contributed by atoms with Crippen molar-refractivity contribution in [1.29, 1.82) is 0 Å². The first kappa shape index (κ1) is 15.2. The first-order valence-corrected chi connectivity index (χ1v) is 6.99. The zero-order valence-electron chi connectivity index (χ0n) is 12.5. The van der Waals surface area contributed by atoms with Crippen molar-refractivity contribution in [2.75, 3.05) is 0 Å². The van der Waals surface area contributed by atoms with E-state index in [0.717, 1.165) is 35.8 Å². The Morgan fingerprint density at radius 1 is 1.29 bits per heavy atom. The second-order valence-corrected chi connectivity index (χ2v) is 5.67. The van der Waals surface area contributed by atoms with Crippen LogP contribution in [0, 0.1) is 10.1 Å². The molecular formula is C14H19N3O4. The predicted octanol–water partition coefficient (Wildman–Crippen LogP) is 1.99. The lowest BCUT2D eigenvalue weighted by atomic mass is 10.2. The quantitative estimate of drug-likeness (QED) is 0.630. The molecule has 0 saturated heterocycles. The summed E-state index contributed by atoms with van der Waals surface area (Å²) in [6.07, 6.45) is 5.14. The number of hydrogen-bond acceptors (Lipinski definition) is 4. The highest BCUT2D eigenvalue weighted by Crippen LogP contribution is 2.31. The molecule has 0 aromatic carbocycles. The fourth-order valence-corrected chi connectivity index (χ4v) is 2.83. The van der Waals surface area contributed by atoms with Crippen molar-refractivity contribution < 1.29 is 4.92 Å². The topological polar surface area (TPSA) is 87.1 Å². The van der Waals surface area contributed by atoms with E-state index in [2.05, 4.69) is 0 Å². The van der Waals surface area contributed by atoms with E-state index < -0.39 is 21.9 Å². The molecule has 114 valence electrons. The summed E-state index contributed by atoms with van der Waals surface area (Å²) >= 11 is 0. The SMILES string of the molecule is CC(C)=Cc1c([N+](=O)[O-])c(=O)n(C)c(=O)n1C1CCCC1. The lowest BCUT2D eigenvalue weighted by molar-refractivity contribution is -0.387. The summed E-state index contributed by atoms with van der Waals surface area (Å²) in [5.41, 5.74) is -0.931. The van der Waals surface area contributed by atoms with Crippen molar-refractivity contribution in [1.82, 2.24) is 9.13 Å². The summed E-state index contributed by atoms with van der Waals surface area (Å²) in [7, 11) is 1.29. The third-order valence-corrected chi connectivity index (χ3v) is 3.80. The minimum Gasteiger partial charge on any atom is -0.284 e. The van der Waals surface area contributed by atoms with Crippen LogP contribution in [0.3, 0.4) is 0 Å². The highest BCUT2D eigenvalue weighted by atomic mass is 16.6. The van der Waals surface area contributed by atoms with Gasteiger partial charge in [0.1, 0.15) is 5.69 Å². The third kappa shape index (κ3) is 2.68. The molecule has 1 saturated carbocycles. The number of nitrogens with zero attached hydrogens (tertiary/aromatic N) is 3. The Morgan fingerprint density at radius 3 is 2.33 bits per heavy atom.